The van der Waals surface area contributed by atoms with Crippen LogP contribution in [0.25, 0.3) is 0 Å². The van der Waals surface area contributed by atoms with Crippen molar-refractivity contribution in [2.75, 3.05) is 45.9 Å². The molecule has 1 amide bonds. The van der Waals surface area contributed by atoms with E-state index in [4.69, 9.17) is 15.6 Å². The Balaban J connectivity index is 1.58. The van der Waals surface area contributed by atoms with E-state index < -0.39 is 6.04 Å². The second kappa shape index (κ2) is 8.92. The van der Waals surface area contributed by atoms with Gasteiger partial charge in [-0.15, -0.1) is 0 Å². The number of nitrogens with zero attached hydrogens (tertiary/aromatic N) is 2. The molecule has 3 N–H and O–H groups in total. The van der Waals surface area contributed by atoms with Crippen LogP contribution in [0.15, 0.2) is 24.0 Å². The number of allylic oxidation sites excluding steroid dienone is 3. The highest BCUT2D eigenvalue weighted by Crippen LogP contribution is 2.10. The van der Waals surface area contributed by atoms with Gasteiger partial charge in [0.25, 0.3) is 0 Å². The fraction of sp³-hybridized carbons (Fsp3) is 0.625. The molecule has 0 unspecified atom stereocenters. The molecule has 123 valence electrons. The molecule has 0 bridgehead atoms. The van der Waals surface area contributed by atoms with Crippen molar-refractivity contribution in [3.05, 3.63) is 30.4 Å². The first-order valence-electron chi connectivity index (χ1n) is 7.91. The van der Waals surface area contributed by atoms with Crippen LogP contribution in [0, 0.1) is 6.42 Å². The van der Waals surface area contributed by atoms with Gasteiger partial charge in [-0.2, -0.15) is 0 Å². The number of piperazine rings is 1. The van der Waals surface area contributed by atoms with Gasteiger partial charge in [-0.25, -0.2) is 0 Å². The Hall–Kier alpha value is -1.37. The number of amides is 1. The molecule has 1 fully saturated rings. The van der Waals surface area contributed by atoms with Gasteiger partial charge in [0.05, 0.1) is 13.2 Å². The summed E-state index contributed by atoms with van der Waals surface area (Å²) in [4.78, 5) is 15.9. The molecule has 0 aromatic carbocycles. The first-order valence-corrected chi connectivity index (χ1v) is 7.91. The number of carbonyl (C=O) groups excluding carboxylic acids is 1. The van der Waals surface area contributed by atoms with Crippen LogP contribution in [-0.4, -0.2) is 72.8 Å². The van der Waals surface area contributed by atoms with Crippen LogP contribution in [0.5, 0.6) is 0 Å². The van der Waals surface area contributed by atoms with Crippen LogP contribution in [0.4, 0.5) is 0 Å². The third kappa shape index (κ3) is 5.12. The average molecular weight is 308 g/mol. The van der Waals surface area contributed by atoms with Gasteiger partial charge >= 0.3 is 0 Å². The summed E-state index contributed by atoms with van der Waals surface area (Å²) in [7, 11) is 0. The minimum Gasteiger partial charge on any atom is -0.494 e. The molecule has 2 rings (SSSR count). The van der Waals surface area contributed by atoms with Crippen molar-refractivity contribution in [3.8, 4) is 0 Å². The largest absolute Gasteiger partial charge is 0.494 e. The minimum atomic E-state index is -0.783. The molecule has 6 heteroatoms. The molecule has 1 aliphatic carbocycles. The highest BCUT2D eigenvalue weighted by atomic mass is 16.5. The first-order chi connectivity index (χ1) is 10.7. The molecule has 2 aliphatic rings. The lowest BCUT2D eigenvalue weighted by atomic mass is 10.2. The quantitative estimate of drug-likeness (QED) is 0.642. The number of ether oxygens (including phenoxy) is 1. The lowest BCUT2D eigenvalue weighted by molar-refractivity contribution is -0.135. The van der Waals surface area contributed by atoms with Crippen LogP contribution < -0.4 is 5.73 Å². The SMILES string of the molecule is N[C@H](CO)C(=O)N1CCN(CCCOC2=CC[CH]C=C2)CC1. The van der Waals surface area contributed by atoms with E-state index in [1.807, 2.05) is 12.2 Å². The molecule has 1 atom stereocenters. The van der Waals surface area contributed by atoms with E-state index in [0.29, 0.717) is 19.7 Å². The van der Waals surface area contributed by atoms with Gasteiger partial charge < -0.3 is 20.5 Å². The van der Waals surface area contributed by atoms with E-state index in [2.05, 4.69) is 17.4 Å². The molecule has 0 aromatic heterocycles. The summed E-state index contributed by atoms with van der Waals surface area (Å²) in [6, 6.07) is -0.783. The Morgan fingerprint density at radius 1 is 1.36 bits per heavy atom. The summed E-state index contributed by atoms with van der Waals surface area (Å²) >= 11 is 0. The fourth-order valence-electron chi connectivity index (χ4n) is 2.58. The van der Waals surface area contributed by atoms with Crippen LogP contribution in [-0.2, 0) is 9.53 Å². The predicted molar refractivity (Wildman–Crippen MR) is 84.8 cm³/mol. The number of nitrogens with two attached hydrogens (primary N) is 1. The maximum absolute atomic E-state index is 11.9. The number of aliphatic hydroxyl groups excluding tert-OH is 1. The molecule has 1 radical (unpaired) electrons. The van der Waals surface area contributed by atoms with Crippen molar-refractivity contribution >= 4 is 5.91 Å². The van der Waals surface area contributed by atoms with E-state index >= 15 is 0 Å². The molecule has 1 saturated heterocycles. The molecular weight excluding hydrogens is 282 g/mol. The third-order valence-electron chi connectivity index (χ3n) is 3.94. The van der Waals surface area contributed by atoms with Gasteiger partial charge in [0, 0.05) is 32.7 Å². The van der Waals surface area contributed by atoms with Crippen molar-refractivity contribution < 1.29 is 14.6 Å². The zero-order chi connectivity index (χ0) is 15.8. The number of rotatable bonds is 7. The summed E-state index contributed by atoms with van der Waals surface area (Å²) in [5, 5.41) is 8.93. The zero-order valence-electron chi connectivity index (χ0n) is 13.0. The molecule has 1 aliphatic heterocycles. The Kier molecular flexibility index (Phi) is 6.89. The van der Waals surface area contributed by atoms with Gasteiger partial charge in [0.15, 0.2) is 0 Å². The second-order valence-electron chi connectivity index (χ2n) is 5.60. The predicted octanol–water partition coefficient (Wildman–Crippen LogP) is -0.0950. The normalized spacial score (nSPS) is 20.6. The molecule has 0 saturated carbocycles. The standard InChI is InChI=1S/C16H26N3O3/c17-15(13-20)16(21)19-10-8-18(9-11-19)7-4-12-22-14-5-2-1-3-6-14/h1-2,5-6,15,20H,3-4,7-13,17H2/t15-/m1/s1. The summed E-state index contributed by atoms with van der Waals surface area (Å²) < 4.78 is 5.70. The number of aliphatic hydroxyl groups is 1. The smallest absolute Gasteiger partial charge is 0.241 e. The molecule has 1 heterocycles. The van der Waals surface area contributed by atoms with Gasteiger partial charge in [0.2, 0.25) is 5.91 Å². The first kappa shape index (κ1) is 17.0. The van der Waals surface area contributed by atoms with Crippen molar-refractivity contribution in [1.29, 1.82) is 0 Å². The van der Waals surface area contributed by atoms with Crippen molar-refractivity contribution in [1.82, 2.24) is 9.80 Å². The monoisotopic (exact) mass is 308 g/mol. The van der Waals surface area contributed by atoms with Crippen molar-refractivity contribution in [2.45, 2.75) is 18.9 Å². The average Bonchev–Trinajstić information content (AvgIpc) is 2.59. The van der Waals surface area contributed by atoms with E-state index in [0.717, 1.165) is 38.2 Å². The topological polar surface area (TPSA) is 79.0 Å². The Labute approximate surface area is 132 Å². The number of hydrogen-bond acceptors (Lipinski definition) is 5. The van der Waals surface area contributed by atoms with Gasteiger partial charge in [0.1, 0.15) is 11.8 Å². The maximum Gasteiger partial charge on any atom is 0.241 e. The lowest BCUT2D eigenvalue weighted by Gasteiger charge is -2.35. The van der Waals surface area contributed by atoms with E-state index in [-0.39, 0.29) is 12.5 Å². The van der Waals surface area contributed by atoms with Gasteiger partial charge in [-0.05, 0) is 31.4 Å². The number of carbonyl (C=O) groups is 1. The van der Waals surface area contributed by atoms with Gasteiger partial charge in [-0.3, -0.25) is 9.69 Å². The lowest BCUT2D eigenvalue weighted by Crippen LogP contribution is -2.54. The van der Waals surface area contributed by atoms with Crippen molar-refractivity contribution in [2.24, 2.45) is 5.73 Å². The van der Waals surface area contributed by atoms with Crippen LogP contribution >= 0.6 is 0 Å². The Bertz CT molecular complexity index is 415. The van der Waals surface area contributed by atoms with Crippen LogP contribution in [0.1, 0.15) is 12.8 Å². The van der Waals surface area contributed by atoms with E-state index in [9.17, 15) is 4.79 Å². The molecule has 0 spiro atoms. The Morgan fingerprint density at radius 2 is 2.14 bits per heavy atom. The minimum absolute atomic E-state index is 0.154. The maximum atomic E-state index is 11.9. The summed E-state index contributed by atoms with van der Waals surface area (Å²) in [6.07, 6.45) is 10.1. The number of hydrogen-bond donors (Lipinski definition) is 2. The van der Waals surface area contributed by atoms with Crippen LogP contribution in [0.3, 0.4) is 0 Å². The molecular formula is C16H26N3O3. The highest BCUT2D eigenvalue weighted by molar-refractivity contribution is 5.81. The van der Waals surface area contributed by atoms with E-state index in [1.165, 1.54) is 0 Å². The molecule has 0 aromatic rings. The zero-order valence-corrected chi connectivity index (χ0v) is 13.0. The molecule has 6 nitrogen and oxygen atoms in total. The Morgan fingerprint density at radius 3 is 2.77 bits per heavy atom. The van der Waals surface area contributed by atoms with Gasteiger partial charge in [-0.1, -0.05) is 6.08 Å². The summed E-state index contributed by atoms with van der Waals surface area (Å²) in [5.41, 5.74) is 5.57. The second-order valence-corrected chi connectivity index (χ2v) is 5.60. The molecule has 22 heavy (non-hydrogen) atoms. The fourth-order valence-corrected chi connectivity index (χ4v) is 2.58. The van der Waals surface area contributed by atoms with Crippen molar-refractivity contribution in [3.63, 3.8) is 0 Å². The third-order valence-corrected chi connectivity index (χ3v) is 3.94. The summed E-state index contributed by atoms with van der Waals surface area (Å²) in [5.74, 6) is 0.800. The highest BCUT2D eigenvalue weighted by Gasteiger charge is 2.24. The van der Waals surface area contributed by atoms with Crippen LogP contribution in [0.2, 0.25) is 0 Å². The summed E-state index contributed by atoms with van der Waals surface area (Å²) in [6.45, 7) is 4.44. The van der Waals surface area contributed by atoms with E-state index in [1.54, 1.807) is 4.90 Å².